The third-order valence-corrected chi connectivity index (χ3v) is 6.93. The van der Waals surface area contributed by atoms with Gasteiger partial charge in [0.1, 0.15) is 5.82 Å². The minimum Gasteiger partial charge on any atom is -0.336 e. The van der Waals surface area contributed by atoms with Gasteiger partial charge in [-0.3, -0.25) is 4.79 Å². The van der Waals surface area contributed by atoms with Crippen molar-refractivity contribution in [1.82, 2.24) is 13.5 Å². The second-order valence-electron chi connectivity index (χ2n) is 5.93. The molecule has 0 bridgehead atoms. The van der Waals surface area contributed by atoms with Crippen LogP contribution in [-0.4, -0.2) is 67.1 Å². The molecule has 1 amide bonds. The zero-order valence-corrected chi connectivity index (χ0v) is 15.5. The quantitative estimate of drug-likeness (QED) is 0.748. The Morgan fingerprint density at radius 1 is 1.00 bits per heavy atom. The molecule has 2 heterocycles. The highest BCUT2D eigenvalue weighted by atomic mass is 79.9. The lowest BCUT2D eigenvalue weighted by atomic mass is 10.1. The lowest BCUT2D eigenvalue weighted by Gasteiger charge is -2.35. The highest BCUT2D eigenvalue weighted by Gasteiger charge is 2.35. The van der Waals surface area contributed by atoms with Gasteiger partial charge in [-0.2, -0.15) is 17.0 Å². The molecular formula is C15H19BrFN3O3S. The second-order valence-corrected chi connectivity index (χ2v) is 8.77. The zero-order valence-electron chi connectivity index (χ0n) is 13.1. The first kappa shape index (κ1) is 17.8. The summed E-state index contributed by atoms with van der Waals surface area (Å²) in [5, 5.41) is 0. The number of hydrogen-bond acceptors (Lipinski definition) is 3. The van der Waals surface area contributed by atoms with E-state index in [9.17, 15) is 17.6 Å². The van der Waals surface area contributed by atoms with Crippen molar-refractivity contribution in [3.8, 4) is 0 Å². The molecule has 2 fully saturated rings. The van der Waals surface area contributed by atoms with Crippen molar-refractivity contribution in [2.75, 3.05) is 39.3 Å². The molecule has 6 nitrogen and oxygen atoms in total. The van der Waals surface area contributed by atoms with Gasteiger partial charge in [0.25, 0.3) is 16.1 Å². The molecule has 0 radical (unpaired) electrons. The minimum absolute atomic E-state index is 0.00838. The van der Waals surface area contributed by atoms with Crippen LogP contribution in [0.4, 0.5) is 4.39 Å². The van der Waals surface area contributed by atoms with Crippen molar-refractivity contribution in [1.29, 1.82) is 0 Å². The number of nitrogens with zero attached hydrogens (tertiary/aromatic N) is 3. The van der Waals surface area contributed by atoms with Gasteiger partial charge < -0.3 is 4.90 Å². The van der Waals surface area contributed by atoms with Crippen molar-refractivity contribution < 1.29 is 17.6 Å². The van der Waals surface area contributed by atoms with Crippen LogP contribution in [0.15, 0.2) is 22.7 Å². The van der Waals surface area contributed by atoms with Crippen LogP contribution in [0.3, 0.4) is 0 Å². The summed E-state index contributed by atoms with van der Waals surface area (Å²) in [6, 6.07) is 4.31. The fourth-order valence-corrected chi connectivity index (χ4v) is 5.04. The van der Waals surface area contributed by atoms with Crippen molar-refractivity contribution in [3.05, 3.63) is 34.1 Å². The van der Waals surface area contributed by atoms with Crippen LogP contribution in [0.5, 0.6) is 0 Å². The summed E-state index contributed by atoms with van der Waals surface area (Å²) in [5.74, 6) is -0.986. The number of amides is 1. The molecule has 132 valence electrons. The standard InChI is InChI=1S/C15H19BrFN3O3S/c16-12-3-4-13(14(17)11-12)15(21)18-7-9-20(10-8-18)24(22,23)19-5-1-2-6-19/h3-4,11H,1-2,5-10H2. The van der Waals surface area contributed by atoms with Gasteiger partial charge in [0.2, 0.25) is 0 Å². The van der Waals surface area contributed by atoms with Gasteiger partial charge in [-0.1, -0.05) is 15.9 Å². The van der Waals surface area contributed by atoms with Crippen LogP contribution in [0.1, 0.15) is 23.2 Å². The smallest absolute Gasteiger partial charge is 0.282 e. The van der Waals surface area contributed by atoms with Crippen molar-refractivity contribution >= 4 is 32.0 Å². The minimum atomic E-state index is -3.44. The van der Waals surface area contributed by atoms with Gasteiger partial charge in [-0.25, -0.2) is 4.39 Å². The lowest BCUT2D eigenvalue weighted by Crippen LogP contribution is -2.53. The summed E-state index contributed by atoms with van der Waals surface area (Å²) in [5.41, 5.74) is 0.00838. The molecule has 2 saturated heterocycles. The van der Waals surface area contributed by atoms with E-state index in [0.717, 1.165) is 12.8 Å². The summed E-state index contributed by atoms with van der Waals surface area (Å²) in [7, 11) is -3.44. The van der Waals surface area contributed by atoms with Gasteiger partial charge in [0, 0.05) is 43.7 Å². The van der Waals surface area contributed by atoms with Crippen LogP contribution in [0, 0.1) is 5.82 Å². The highest BCUT2D eigenvalue weighted by molar-refractivity contribution is 9.10. The van der Waals surface area contributed by atoms with Crippen LogP contribution < -0.4 is 0 Å². The van der Waals surface area contributed by atoms with E-state index in [1.165, 1.54) is 25.6 Å². The van der Waals surface area contributed by atoms with Crippen LogP contribution in [-0.2, 0) is 10.2 Å². The SMILES string of the molecule is O=C(c1ccc(Br)cc1F)N1CCN(S(=O)(=O)N2CCCC2)CC1. The summed E-state index contributed by atoms with van der Waals surface area (Å²) >= 11 is 3.16. The monoisotopic (exact) mass is 419 g/mol. The van der Waals surface area contributed by atoms with E-state index in [1.807, 2.05) is 0 Å². The Morgan fingerprint density at radius 2 is 1.58 bits per heavy atom. The maximum Gasteiger partial charge on any atom is 0.282 e. The summed E-state index contributed by atoms with van der Waals surface area (Å²) < 4.78 is 42.4. The molecule has 2 aliphatic rings. The van der Waals surface area contributed by atoms with Crippen molar-refractivity contribution in [2.24, 2.45) is 0 Å². The van der Waals surface area contributed by atoms with Gasteiger partial charge in [-0.15, -0.1) is 0 Å². The summed E-state index contributed by atoms with van der Waals surface area (Å²) in [6.07, 6.45) is 1.78. The Morgan fingerprint density at radius 3 is 2.17 bits per heavy atom. The predicted molar refractivity (Wildman–Crippen MR) is 91.3 cm³/mol. The molecule has 2 aliphatic heterocycles. The molecule has 0 unspecified atom stereocenters. The van der Waals surface area contributed by atoms with E-state index < -0.39 is 21.9 Å². The Balaban J connectivity index is 1.65. The molecule has 0 atom stereocenters. The molecular weight excluding hydrogens is 401 g/mol. The molecule has 0 aliphatic carbocycles. The molecule has 0 spiro atoms. The van der Waals surface area contributed by atoms with Gasteiger partial charge in [0.15, 0.2) is 0 Å². The Labute approximate surface area is 149 Å². The Kier molecular flexibility index (Phi) is 5.24. The number of rotatable bonds is 3. The predicted octanol–water partition coefficient (Wildman–Crippen LogP) is 1.69. The number of carbonyl (C=O) groups is 1. The first-order valence-corrected chi connectivity index (χ1v) is 10.1. The van der Waals surface area contributed by atoms with E-state index in [0.29, 0.717) is 17.6 Å². The number of benzene rings is 1. The van der Waals surface area contributed by atoms with Crippen LogP contribution in [0.25, 0.3) is 0 Å². The van der Waals surface area contributed by atoms with Crippen molar-refractivity contribution in [2.45, 2.75) is 12.8 Å². The molecule has 0 aromatic heterocycles. The number of piperazine rings is 1. The molecule has 1 aromatic rings. The normalized spacial score (nSPS) is 20.5. The van der Waals surface area contributed by atoms with Gasteiger partial charge >= 0.3 is 0 Å². The average Bonchev–Trinajstić information content (AvgIpc) is 3.10. The second kappa shape index (κ2) is 7.07. The Hall–Kier alpha value is -1.03. The maximum absolute atomic E-state index is 13.9. The average molecular weight is 420 g/mol. The van der Waals surface area contributed by atoms with E-state index in [2.05, 4.69) is 15.9 Å². The Bertz CT molecular complexity index is 729. The van der Waals surface area contributed by atoms with E-state index in [-0.39, 0.29) is 31.7 Å². The molecule has 24 heavy (non-hydrogen) atoms. The zero-order chi connectivity index (χ0) is 17.3. The lowest BCUT2D eigenvalue weighted by molar-refractivity contribution is 0.0690. The fourth-order valence-electron chi connectivity index (χ4n) is 3.04. The number of carbonyl (C=O) groups excluding carboxylic acids is 1. The summed E-state index contributed by atoms with van der Waals surface area (Å²) in [4.78, 5) is 13.9. The molecule has 1 aromatic carbocycles. The number of halogens is 2. The van der Waals surface area contributed by atoms with Crippen LogP contribution in [0.2, 0.25) is 0 Å². The topological polar surface area (TPSA) is 60.9 Å². The molecule has 9 heteroatoms. The third kappa shape index (κ3) is 3.49. The third-order valence-electron chi connectivity index (χ3n) is 4.40. The first-order valence-electron chi connectivity index (χ1n) is 7.89. The van der Waals surface area contributed by atoms with Gasteiger partial charge in [0.05, 0.1) is 5.56 Å². The highest BCUT2D eigenvalue weighted by Crippen LogP contribution is 2.20. The molecule has 3 rings (SSSR count). The fraction of sp³-hybridized carbons (Fsp3) is 0.533. The molecule has 0 saturated carbocycles. The van der Waals surface area contributed by atoms with Crippen LogP contribution >= 0.6 is 15.9 Å². The van der Waals surface area contributed by atoms with E-state index in [4.69, 9.17) is 0 Å². The van der Waals surface area contributed by atoms with Gasteiger partial charge in [-0.05, 0) is 31.0 Å². The van der Waals surface area contributed by atoms with E-state index >= 15 is 0 Å². The first-order chi connectivity index (χ1) is 11.4. The molecule has 0 N–H and O–H groups in total. The largest absolute Gasteiger partial charge is 0.336 e. The van der Waals surface area contributed by atoms with E-state index in [1.54, 1.807) is 6.07 Å². The number of hydrogen-bond donors (Lipinski definition) is 0. The summed E-state index contributed by atoms with van der Waals surface area (Å²) in [6.45, 7) is 2.13. The maximum atomic E-state index is 13.9. The van der Waals surface area contributed by atoms with Crippen molar-refractivity contribution in [3.63, 3.8) is 0 Å².